The van der Waals surface area contributed by atoms with Gasteiger partial charge in [-0.15, -0.1) is 0 Å². The van der Waals surface area contributed by atoms with Crippen LogP contribution in [0.25, 0.3) is 0 Å². The zero-order chi connectivity index (χ0) is 18.9. The van der Waals surface area contributed by atoms with Gasteiger partial charge in [0, 0.05) is 17.9 Å². The van der Waals surface area contributed by atoms with E-state index in [9.17, 15) is 5.76 Å². The minimum absolute atomic E-state index is 0.295. The highest BCUT2D eigenvalue weighted by atomic mass is 19.1. The third-order valence-electron chi connectivity index (χ3n) is 4.66. The minimum Gasteiger partial charge on any atom is -0.497 e. The van der Waals surface area contributed by atoms with E-state index in [1.165, 1.54) is 12.1 Å². The molecule has 1 aliphatic heterocycles. The van der Waals surface area contributed by atoms with Crippen molar-refractivity contribution in [2.75, 3.05) is 30.1 Å². The number of benzene rings is 3. The standard InChI is InChI=1S/C22H21FN2O/c1-26-21-13-11-20(12-14-21)25-16-24(19-5-3-2-4-6-19)15-22(25)17-7-9-18(23)10-8-17/h2-14,22H,15-16H2,1H3/i22D. The van der Waals surface area contributed by atoms with E-state index in [4.69, 9.17) is 4.74 Å². The Kier molecular flexibility index (Phi) is 4.16. The maximum atomic E-state index is 13.4. The second kappa shape index (κ2) is 7.08. The molecule has 26 heavy (non-hydrogen) atoms. The van der Waals surface area contributed by atoms with E-state index in [-0.39, 0.29) is 5.82 Å². The molecular formula is C22H21FN2O. The largest absolute Gasteiger partial charge is 0.497 e. The molecule has 3 aromatic carbocycles. The average molecular weight is 349 g/mol. The van der Waals surface area contributed by atoms with E-state index >= 15 is 0 Å². The van der Waals surface area contributed by atoms with Gasteiger partial charge in [0.05, 0.1) is 21.2 Å². The molecule has 0 radical (unpaired) electrons. The number of anilines is 2. The van der Waals surface area contributed by atoms with Crippen LogP contribution in [-0.2, 0) is 0 Å². The second-order valence-corrected chi connectivity index (χ2v) is 6.25. The molecule has 0 spiro atoms. The first-order valence-electron chi connectivity index (χ1n) is 9.08. The zero-order valence-electron chi connectivity index (χ0n) is 15.6. The van der Waals surface area contributed by atoms with Crippen LogP contribution in [0.5, 0.6) is 5.75 Å². The molecule has 1 atom stereocenters. The van der Waals surface area contributed by atoms with Crippen LogP contribution >= 0.6 is 0 Å². The van der Waals surface area contributed by atoms with E-state index in [0.29, 0.717) is 13.2 Å². The maximum absolute atomic E-state index is 13.4. The summed E-state index contributed by atoms with van der Waals surface area (Å²) in [4.78, 5) is 4.20. The fourth-order valence-corrected chi connectivity index (χ4v) is 3.27. The Morgan fingerprint density at radius 2 is 1.62 bits per heavy atom. The summed E-state index contributed by atoms with van der Waals surface area (Å²) in [7, 11) is 1.63. The van der Waals surface area contributed by atoms with E-state index < -0.39 is 6.02 Å². The molecule has 4 heteroatoms. The molecule has 1 saturated heterocycles. The Hall–Kier alpha value is -3.01. The van der Waals surface area contributed by atoms with Crippen LogP contribution in [-0.4, -0.2) is 20.3 Å². The number of para-hydroxylation sites is 1. The summed E-state index contributed by atoms with van der Waals surface area (Å²) in [5, 5.41) is 0. The Labute approximate surface area is 154 Å². The number of halogens is 1. The van der Waals surface area contributed by atoms with Gasteiger partial charge in [0.1, 0.15) is 11.6 Å². The fraction of sp³-hybridized carbons (Fsp3) is 0.182. The van der Waals surface area contributed by atoms with Crippen molar-refractivity contribution < 1.29 is 10.5 Å². The zero-order valence-corrected chi connectivity index (χ0v) is 14.6. The molecule has 1 heterocycles. The maximum Gasteiger partial charge on any atom is 0.123 e. The Bertz CT molecular complexity index is 902. The van der Waals surface area contributed by atoms with Crippen molar-refractivity contribution >= 4 is 11.4 Å². The molecule has 3 aromatic rings. The number of methoxy groups -OCH3 is 1. The minimum atomic E-state index is -1.03. The summed E-state index contributed by atoms with van der Waals surface area (Å²) in [6.45, 7) is 1.05. The summed E-state index contributed by atoms with van der Waals surface area (Å²) in [5.41, 5.74) is 2.75. The number of nitrogens with zero attached hydrogens (tertiary/aromatic N) is 2. The van der Waals surface area contributed by atoms with E-state index in [2.05, 4.69) is 4.90 Å². The fourth-order valence-electron chi connectivity index (χ4n) is 3.27. The van der Waals surface area contributed by atoms with Crippen LogP contribution < -0.4 is 14.5 Å². The molecule has 0 amide bonds. The van der Waals surface area contributed by atoms with Crippen molar-refractivity contribution in [1.82, 2.24) is 0 Å². The van der Waals surface area contributed by atoms with Gasteiger partial charge in [-0.2, -0.15) is 0 Å². The summed E-state index contributed by atoms with van der Waals surface area (Å²) < 4.78 is 28.0. The summed E-state index contributed by atoms with van der Waals surface area (Å²) in [6, 6.07) is 23.0. The molecule has 4 rings (SSSR count). The molecule has 0 bridgehead atoms. The highest BCUT2D eigenvalue weighted by Crippen LogP contribution is 2.36. The Balaban J connectivity index is 1.75. The third kappa shape index (κ3) is 3.23. The summed E-state index contributed by atoms with van der Waals surface area (Å²) in [5.74, 6) is 0.478. The molecular weight excluding hydrogens is 327 g/mol. The quantitative estimate of drug-likeness (QED) is 0.669. The highest BCUT2D eigenvalue weighted by Gasteiger charge is 2.31. The predicted octanol–water partition coefficient (Wildman–Crippen LogP) is 4.86. The first kappa shape index (κ1) is 15.3. The van der Waals surface area contributed by atoms with Crippen LogP contribution in [0.3, 0.4) is 0 Å². The lowest BCUT2D eigenvalue weighted by Gasteiger charge is -2.26. The molecule has 1 unspecified atom stereocenters. The SMILES string of the molecule is [2H]C1(c2ccc(F)cc2)CN(c2ccccc2)CN1c1ccc(OC)cc1. The van der Waals surface area contributed by atoms with E-state index in [0.717, 1.165) is 22.7 Å². The van der Waals surface area contributed by atoms with Gasteiger partial charge in [-0.05, 0) is 54.1 Å². The van der Waals surface area contributed by atoms with Crippen LogP contribution in [0, 0.1) is 5.82 Å². The van der Waals surface area contributed by atoms with Crippen LogP contribution in [0.1, 0.15) is 13.0 Å². The molecule has 0 aliphatic carbocycles. The third-order valence-corrected chi connectivity index (χ3v) is 4.66. The Morgan fingerprint density at radius 3 is 2.27 bits per heavy atom. The van der Waals surface area contributed by atoms with Crippen LogP contribution in [0.15, 0.2) is 78.9 Å². The number of hydrogen-bond acceptors (Lipinski definition) is 3. The van der Waals surface area contributed by atoms with Gasteiger partial charge in [0.2, 0.25) is 0 Å². The van der Waals surface area contributed by atoms with Crippen molar-refractivity contribution in [2.45, 2.75) is 6.02 Å². The van der Waals surface area contributed by atoms with E-state index in [1.807, 2.05) is 59.5 Å². The normalized spacial score (nSPS) is 20.2. The lowest BCUT2D eigenvalue weighted by molar-refractivity contribution is 0.415. The first-order valence-corrected chi connectivity index (χ1v) is 8.58. The van der Waals surface area contributed by atoms with Gasteiger partial charge in [-0.1, -0.05) is 30.3 Å². The number of ether oxygens (including phenoxy) is 1. The lowest BCUT2D eigenvalue weighted by Crippen LogP contribution is -2.26. The number of rotatable bonds is 4. The van der Waals surface area contributed by atoms with Gasteiger partial charge in [-0.3, -0.25) is 0 Å². The van der Waals surface area contributed by atoms with Gasteiger partial charge in [0.15, 0.2) is 0 Å². The van der Waals surface area contributed by atoms with Crippen LogP contribution in [0.2, 0.25) is 0 Å². The summed E-state index contributed by atoms with van der Waals surface area (Å²) in [6.07, 6.45) is 0. The van der Waals surface area contributed by atoms with E-state index in [1.54, 1.807) is 19.2 Å². The molecule has 0 N–H and O–H groups in total. The predicted molar refractivity (Wildman–Crippen MR) is 103 cm³/mol. The molecule has 132 valence electrons. The first-order chi connectivity index (χ1) is 13.1. The average Bonchev–Trinajstić information content (AvgIpc) is 3.08. The van der Waals surface area contributed by atoms with Gasteiger partial charge in [0.25, 0.3) is 0 Å². The molecule has 0 aromatic heterocycles. The van der Waals surface area contributed by atoms with Gasteiger partial charge >= 0.3 is 0 Å². The number of hydrogen-bond donors (Lipinski definition) is 0. The van der Waals surface area contributed by atoms with Crippen molar-refractivity contribution in [3.8, 4) is 5.75 Å². The molecule has 1 fully saturated rings. The summed E-state index contributed by atoms with van der Waals surface area (Å²) >= 11 is 0. The topological polar surface area (TPSA) is 15.7 Å². The van der Waals surface area contributed by atoms with Crippen LogP contribution in [0.4, 0.5) is 15.8 Å². The molecule has 1 aliphatic rings. The van der Waals surface area contributed by atoms with Crippen molar-refractivity contribution in [3.63, 3.8) is 0 Å². The monoisotopic (exact) mass is 349 g/mol. The molecule has 3 nitrogen and oxygen atoms in total. The van der Waals surface area contributed by atoms with Gasteiger partial charge < -0.3 is 14.5 Å². The van der Waals surface area contributed by atoms with Crippen molar-refractivity contribution in [3.05, 3.63) is 90.2 Å². The van der Waals surface area contributed by atoms with Crippen molar-refractivity contribution in [2.24, 2.45) is 0 Å². The Morgan fingerprint density at radius 1 is 0.923 bits per heavy atom. The lowest BCUT2D eigenvalue weighted by atomic mass is 10.1. The smallest absolute Gasteiger partial charge is 0.123 e. The molecule has 0 saturated carbocycles. The van der Waals surface area contributed by atoms with Crippen molar-refractivity contribution in [1.29, 1.82) is 0 Å². The second-order valence-electron chi connectivity index (χ2n) is 6.25. The highest BCUT2D eigenvalue weighted by molar-refractivity contribution is 5.58. The van der Waals surface area contributed by atoms with Gasteiger partial charge in [-0.25, -0.2) is 4.39 Å².